The Morgan fingerprint density at radius 2 is 2.06 bits per heavy atom. The Hall–Kier alpha value is -2.47. The highest BCUT2D eigenvalue weighted by molar-refractivity contribution is 7.91. The van der Waals surface area contributed by atoms with Crippen molar-refractivity contribution in [3.8, 4) is 5.75 Å². The molecule has 3 atom stereocenters. The molecule has 2 N–H and O–H groups in total. The van der Waals surface area contributed by atoms with E-state index in [4.69, 9.17) is 4.74 Å². The van der Waals surface area contributed by atoms with Gasteiger partial charge in [0.05, 0.1) is 30.4 Å². The molecule has 2 aliphatic rings. The first-order chi connectivity index (χ1) is 16.6. The Bertz CT molecular complexity index is 1180. The summed E-state index contributed by atoms with van der Waals surface area (Å²) in [4.78, 5) is 27.6. The summed E-state index contributed by atoms with van der Waals surface area (Å²) in [6, 6.07) is 7.78. The molecule has 1 saturated carbocycles. The fourth-order valence-corrected chi connectivity index (χ4v) is 6.44. The number of fused-ring (bicyclic) bond motifs is 1. The Morgan fingerprint density at radius 1 is 1.31 bits per heavy atom. The van der Waals surface area contributed by atoms with Crippen LogP contribution in [-0.4, -0.2) is 73.4 Å². The van der Waals surface area contributed by atoms with E-state index in [2.05, 4.69) is 5.32 Å². The van der Waals surface area contributed by atoms with Crippen LogP contribution in [0.4, 0.5) is 5.69 Å². The normalized spacial score (nSPS) is 21.6. The Kier molecular flexibility index (Phi) is 7.51. The third-order valence-corrected chi connectivity index (χ3v) is 9.69. The number of benzene rings is 1. The largest absolute Gasteiger partial charge is 0.486 e. The monoisotopic (exact) mass is 521 g/mol. The number of hydrogen-bond donors (Lipinski definition) is 2. The number of rotatable bonds is 8. The first kappa shape index (κ1) is 25.6. The molecule has 1 aliphatic carbocycles. The first-order valence-corrected chi connectivity index (χ1v) is 14.0. The number of carbonyl (C=O) groups is 2. The number of carbonyl (C=O) groups excluding carboxylic acids is 2. The molecule has 11 heteroatoms. The van der Waals surface area contributed by atoms with Gasteiger partial charge in [0, 0.05) is 25.4 Å². The molecule has 35 heavy (non-hydrogen) atoms. The van der Waals surface area contributed by atoms with E-state index in [1.807, 2.05) is 6.92 Å². The minimum Gasteiger partial charge on any atom is -0.486 e. The minimum atomic E-state index is -3.71. The molecule has 1 aromatic carbocycles. The number of aliphatic hydroxyl groups excluding tert-OH is 1. The standard InChI is InChI=1S/C24H31N3O6S2/c1-15-12-27(16(2)14-28)24(30)18-6-4-7-19(25-23(29)17-9-10-17)22(18)33-20(15)13-26(3)35(31,32)21-8-5-11-34-21/h4-8,11,15-17,20,28H,9-10,12-14H2,1-3H3,(H,25,29)/t15-,16-,20-/m0/s1. The number of sulfonamides is 1. The van der Waals surface area contributed by atoms with Gasteiger partial charge >= 0.3 is 0 Å². The van der Waals surface area contributed by atoms with Crippen molar-refractivity contribution < 1.29 is 27.9 Å². The van der Waals surface area contributed by atoms with Gasteiger partial charge in [0.25, 0.3) is 15.9 Å². The Balaban J connectivity index is 1.71. The molecule has 0 saturated heterocycles. The van der Waals surface area contributed by atoms with Crippen LogP contribution >= 0.6 is 11.3 Å². The maximum absolute atomic E-state index is 13.5. The van der Waals surface area contributed by atoms with Crippen LogP contribution in [0.1, 0.15) is 37.0 Å². The number of ether oxygens (including phenoxy) is 1. The number of aliphatic hydroxyl groups is 1. The van der Waals surface area contributed by atoms with Gasteiger partial charge in [-0.25, -0.2) is 8.42 Å². The van der Waals surface area contributed by atoms with Crippen LogP contribution in [0.3, 0.4) is 0 Å². The van der Waals surface area contributed by atoms with Crippen molar-refractivity contribution in [3.63, 3.8) is 0 Å². The molecule has 1 aliphatic heterocycles. The smallest absolute Gasteiger partial charge is 0.258 e. The Labute approximate surface area is 209 Å². The number of thiophene rings is 1. The fourth-order valence-electron chi connectivity index (χ4n) is 4.06. The lowest BCUT2D eigenvalue weighted by Gasteiger charge is -2.38. The maximum Gasteiger partial charge on any atom is 0.258 e. The summed E-state index contributed by atoms with van der Waals surface area (Å²) in [5.74, 6) is -0.528. The first-order valence-electron chi connectivity index (χ1n) is 11.7. The topological polar surface area (TPSA) is 116 Å². The van der Waals surface area contributed by atoms with Crippen molar-refractivity contribution in [2.24, 2.45) is 11.8 Å². The minimum absolute atomic E-state index is 0.0429. The second kappa shape index (κ2) is 10.3. The Morgan fingerprint density at radius 3 is 2.69 bits per heavy atom. The predicted octanol–water partition coefficient (Wildman–Crippen LogP) is 2.64. The van der Waals surface area contributed by atoms with Gasteiger partial charge < -0.3 is 20.1 Å². The number of nitrogens with one attached hydrogen (secondary N) is 1. The molecule has 2 heterocycles. The van der Waals surface area contributed by atoms with Crippen LogP contribution in [0.2, 0.25) is 0 Å². The zero-order valence-corrected chi connectivity index (χ0v) is 21.6. The molecule has 0 bridgehead atoms. The van der Waals surface area contributed by atoms with Crippen molar-refractivity contribution in [1.29, 1.82) is 0 Å². The van der Waals surface area contributed by atoms with E-state index in [0.717, 1.165) is 24.2 Å². The highest BCUT2D eigenvalue weighted by Gasteiger charge is 2.37. The molecule has 0 spiro atoms. The van der Waals surface area contributed by atoms with Crippen LogP contribution in [0.25, 0.3) is 0 Å². The van der Waals surface area contributed by atoms with Crippen LogP contribution in [0.5, 0.6) is 5.75 Å². The summed E-state index contributed by atoms with van der Waals surface area (Å²) < 4.78 is 34.0. The number of anilines is 1. The third-order valence-electron chi connectivity index (χ3n) is 6.49. The van der Waals surface area contributed by atoms with Crippen LogP contribution in [-0.2, 0) is 14.8 Å². The highest BCUT2D eigenvalue weighted by atomic mass is 32.2. The molecule has 2 amide bonds. The molecule has 4 rings (SSSR count). The van der Waals surface area contributed by atoms with Crippen molar-refractivity contribution in [1.82, 2.24) is 9.21 Å². The molecule has 2 aromatic rings. The molecule has 1 aromatic heterocycles. The van der Waals surface area contributed by atoms with Crippen LogP contribution in [0, 0.1) is 11.8 Å². The highest BCUT2D eigenvalue weighted by Crippen LogP contribution is 2.37. The zero-order valence-electron chi connectivity index (χ0n) is 20.0. The summed E-state index contributed by atoms with van der Waals surface area (Å²) in [6.07, 6.45) is 1.04. The molecular weight excluding hydrogens is 490 g/mol. The molecule has 9 nitrogen and oxygen atoms in total. The van der Waals surface area contributed by atoms with Gasteiger partial charge in [0.15, 0.2) is 5.75 Å². The summed E-state index contributed by atoms with van der Waals surface area (Å²) in [7, 11) is -2.21. The average molecular weight is 522 g/mol. The van der Waals surface area contributed by atoms with Crippen LogP contribution < -0.4 is 10.1 Å². The fraction of sp³-hybridized carbons (Fsp3) is 0.500. The lowest BCUT2D eigenvalue weighted by atomic mass is 9.99. The lowest BCUT2D eigenvalue weighted by molar-refractivity contribution is -0.117. The van der Waals surface area contributed by atoms with Crippen molar-refractivity contribution in [2.75, 3.05) is 32.1 Å². The molecular formula is C24H31N3O6S2. The lowest BCUT2D eigenvalue weighted by Crippen LogP contribution is -2.50. The molecule has 0 radical (unpaired) electrons. The van der Waals surface area contributed by atoms with E-state index in [0.29, 0.717) is 5.69 Å². The maximum atomic E-state index is 13.5. The van der Waals surface area contributed by atoms with E-state index >= 15 is 0 Å². The van der Waals surface area contributed by atoms with E-state index in [1.165, 1.54) is 11.4 Å². The number of nitrogens with zero attached hydrogens (tertiary/aromatic N) is 2. The second-order valence-corrected chi connectivity index (χ2v) is 12.5. The second-order valence-electron chi connectivity index (χ2n) is 9.29. The van der Waals surface area contributed by atoms with Gasteiger partial charge in [0.2, 0.25) is 5.91 Å². The molecule has 0 unspecified atom stereocenters. The predicted molar refractivity (Wildman–Crippen MR) is 133 cm³/mol. The molecule has 1 fully saturated rings. The average Bonchev–Trinajstić information content (AvgIpc) is 3.54. The van der Waals surface area contributed by atoms with E-state index in [1.54, 1.807) is 47.5 Å². The SMILES string of the molecule is C[C@H]1CN([C@@H](C)CO)C(=O)c2cccc(NC(=O)C3CC3)c2O[C@H]1CN(C)S(=O)(=O)c1cccs1. The van der Waals surface area contributed by atoms with Crippen molar-refractivity contribution >= 4 is 38.9 Å². The van der Waals surface area contributed by atoms with Gasteiger partial charge in [-0.3, -0.25) is 9.59 Å². The van der Waals surface area contributed by atoms with Gasteiger partial charge in [-0.1, -0.05) is 19.1 Å². The number of amides is 2. The molecule has 190 valence electrons. The zero-order chi connectivity index (χ0) is 25.3. The summed E-state index contributed by atoms with van der Waals surface area (Å²) >= 11 is 1.14. The number of para-hydroxylation sites is 1. The number of hydrogen-bond acceptors (Lipinski definition) is 7. The van der Waals surface area contributed by atoms with Gasteiger partial charge in [-0.05, 0) is 43.3 Å². The summed E-state index contributed by atoms with van der Waals surface area (Å²) in [5.41, 5.74) is 0.645. The van der Waals surface area contributed by atoms with Gasteiger partial charge in [-0.15, -0.1) is 11.3 Å². The van der Waals surface area contributed by atoms with Gasteiger partial charge in [-0.2, -0.15) is 4.31 Å². The summed E-state index contributed by atoms with van der Waals surface area (Å²) in [6.45, 7) is 3.74. The number of likely N-dealkylation sites (N-methyl/N-ethyl adjacent to an activating group) is 1. The van der Waals surface area contributed by atoms with E-state index < -0.39 is 22.2 Å². The van der Waals surface area contributed by atoms with Gasteiger partial charge in [0.1, 0.15) is 10.3 Å². The van der Waals surface area contributed by atoms with Crippen LogP contribution in [0.15, 0.2) is 39.9 Å². The quantitative estimate of drug-likeness (QED) is 0.552. The summed E-state index contributed by atoms with van der Waals surface area (Å²) in [5, 5.41) is 14.4. The van der Waals surface area contributed by atoms with E-state index in [-0.39, 0.29) is 58.9 Å². The van der Waals surface area contributed by atoms with Crippen molar-refractivity contribution in [2.45, 2.75) is 43.0 Å². The van der Waals surface area contributed by atoms with Crippen molar-refractivity contribution in [3.05, 3.63) is 41.3 Å². The van der Waals surface area contributed by atoms with E-state index in [9.17, 15) is 23.1 Å². The third kappa shape index (κ3) is 5.37.